The highest BCUT2D eigenvalue weighted by molar-refractivity contribution is 5.99. The molecule has 1 aliphatic carbocycles. The zero-order valence-corrected chi connectivity index (χ0v) is 68.8. The summed E-state index contributed by atoms with van der Waals surface area (Å²) >= 11 is 0. The first-order chi connectivity index (χ1) is 57.9. The van der Waals surface area contributed by atoms with Crippen LogP contribution in [-0.2, 0) is 81.7 Å². The number of nitrogens with one attached hydrogen (secondary N) is 13. The maximum Gasteiger partial charge on any atom is 0.245 e. The maximum absolute atomic E-state index is 15.5. The van der Waals surface area contributed by atoms with Crippen LogP contribution in [0.2, 0.25) is 0 Å². The molecule has 8 aromatic rings. The van der Waals surface area contributed by atoms with Gasteiger partial charge in [0.25, 0.3) is 0 Å². The Hall–Kier alpha value is -11.4. The van der Waals surface area contributed by atoms with E-state index < -0.39 is 107 Å². The number of aliphatic hydroxyl groups excluding tert-OH is 1. The van der Waals surface area contributed by atoms with E-state index in [1.807, 2.05) is 41.3 Å². The molecule has 0 radical (unpaired) electrons. The standard InChI is InChI=1S/C91H118FN17O11/c1-56(110)83-90(120)103-76(46-61-32-36-65(92)37-33-61)81(113)31-12-6-11-27-73(100-53-66(44-60-34-38-67(112)39-35-60)96-42-19-43-109(57(2)111)55-62-45-70-69-25-17-29-72-82(69)64(52-99-72)50-80(70)108(3)54-62)84(114)101-75(30-18-41-97-91(94)95)85(115)104-77(47-58-20-7-4-8-21-58)87(117)105-78(48-59-22-9-5-10-23-59)88(118)106-79(49-63-51-98-71-26-14-13-24-68(63)71)89(119)102-74(86(116)107-83)28-15-16-40-93/h4-5,7-10,13-14,17,20-26,29,32-39,51-52,56,62,66,70,73-80,83,96,98-100,110,112H,6,11-12,15-16,18-19,27-28,30-31,40-50,53-55,93H2,1-3H3,(H,101,114)(H,102,119)(H,103,120)(H,104,115)(H,105,117)(H,106,118)(H,107,116)(H4,94,95,97)/t56-,62-,66-,70-,73-,74+,75+,76+,77+,78+,79-,80-,83+/m1/s1. The molecule has 2 fully saturated rings. The van der Waals surface area contributed by atoms with Crippen LogP contribution in [0.5, 0.6) is 5.75 Å². The van der Waals surface area contributed by atoms with Crippen molar-refractivity contribution in [3.05, 3.63) is 209 Å². The normalized spacial score (nSPS) is 22.8. The van der Waals surface area contributed by atoms with Crippen molar-refractivity contribution in [3.63, 3.8) is 0 Å². The van der Waals surface area contributed by atoms with Crippen LogP contribution >= 0.6 is 0 Å². The van der Waals surface area contributed by atoms with Crippen molar-refractivity contribution in [2.75, 3.05) is 52.9 Å². The third kappa shape index (κ3) is 25.6. The number of nitrogens with zero attached hydrogens (tertiary/aromatic N) is 2. The van der Waals surface area contributed by atoms with Crippen LogP contribution in [0, 0.1) is 17.1 Å². The molecule has 13 atom stereocenters. The number of guanidine groups is 1. The molecule has 2 saturated heterocycles. The summed E-state index contributed by atoms with van der Waals surface area (Å²) in [6.07, 6.45) is 6.59. The monoisotopic (exact) mass is 1640 g/mol. The summed E-state index contributed by atoms with van der Waals surface area (Å²) in [7, 11) is 2.19. The van der Waals surface area contributed by atoms with Gasteiger partial charge >= 0.3 is 0 Å². The number of nitrogens with two attached hydrogens (primary N) is 2. The highest BCUT2D eigenvalue weighted by atomic mass is 19.1. The van der Waals surface area contributed by atoms with E-state index in [9.17, 15) is 33.8 Å². The minimum Gasteiger partial charge on any atom is -0.508 e. The molecule has 4 heterocycles. The summed E-state index contributed by atoms with van der Waals surface area (Å²) in [5, 5.41) is 61.9. The number of aromatic nitrogens is 2. The van der Waals surface area contributed by atoms with Gasteiger partial charge in [-0.25, -0.2) is 4.39 Å². The van der Waals surface area contributed by atoms with Crippen molar-refractivity contribution in [1.82, 2.24) is 72.9 Å². The maximum atomic E-state index is 15.5. The van der Waals surface area contributed by atoms with Gasteiger partial charge in [0.05, 0.1) is 18.2 Å². The molecule has 640 valence electrons. The summed E-state index contributed by atoms with van der Waals surface area (Å²) in [6, 6.07) is 32.8. The number of ketones is 1. The number of piperidine rings is 1. The van der Waals surface area contributed by atoms with Gasteiger partial charge in [-0.2, -0.15) is 0 Å². The Morgan fingerprint density at radius 3 is 1.85 bits per heavy atom. The Morgan fingerprint density at radius 2 is 1.19 bits per heavy atom. The van der Waals surface area contributed by atoms with Gasteiger partial charge in [0.2, 0.25) is 47.3 Å². The molecule has 3 aliphatic rings. The molecular weight excluding hydrogens is 1530 g/mol. The van der Waals surface area contributed by atoms with E-state index in [1.165, 1.54) is 47.7 Å². The number of carbonyl (C=O) groups excluding carboxylic acids is 9. The fourth-order valence-electron chi connectivity index (χ4n) is 17.0. The van der Waals surface area contributed by atoms with E-state index in [4.69, 9.17) is 16.9 Å². The number of hydrogen-bond donors (Lipinski definition) is 17. The van der Waals surface area contributed by atoms with Crippen molar-refractivity contribution >= 4 is 80.8 Å². The lowest BCUT2D eigenvalue weighted by molar-refractivity contribution is -0.136. The van der Waals surface area contributed by atoms with Gasteiger partial charge in [-0.3, -0.25) is 48.6 Å². The first-order valence-electron chi connectivity index (χ1n) is 42.2. The van der Waals surface area contributed by atoms with Gasteiger partial charge in [-0.05, 0) is 185 Å². The number of aliphatic hydroxyl groups is 1. The third-order valence-corrected chi connectivity index (χ3v) is 23.4. The SMILES string of the molecule is CC(=O)N(CCCN[C@@H](CN[C@@H]1CCCCCC(=O)[C@H](Cc2ccc(F)cc2)NC(=O)[C@H]([C@@H](C)O)NC(=O)[C@H](CCCCN)NC(=O)[C@@H](Cc2c[nH]c3ccccc23)NC(=O)[C@H](Cc2ccccc2)NC(=O)[C@H](Cc2ccccc2)NC(=O)[C@H](CCCNC(=N)N)NC1=O)Cc1ccc(O)cc1)C[C@@H]1C[C@@H]2c3cccc4[nH]cc(c34)C[C@H]2N(C)C1. The number of hydrogen-bond acceptors (Lipinski definition) is 16. The van der Waals surface area contributed by atoms with Crippen LogP contribution in [0.25, 0.3) is 21.8 Å². The number of benzene rings is 6. The second kappa shape index (κ2) is 44.1. The molecule has 2 aliphatic heterocycles. The van der Waals surface area contributed by atoms with Crippen LogP contribution in [0.15, 0.2) is 164 Å². The Morgan fingerprint density at radius 1 is 0.617 bits per heavy atom. The number of phenolic OH excluding ortho intramolecular Hbond substituents is 1. The van der Waals surface area contributed by atoms with Crippen LogP contribution in [0.1, 0.15) is 136 Å². The average molecular weight is 1650 g/mol. The number of likely N-dealkylation sites (N-methyl/N-ethyl adjacent to an activating group) is 1. The van der Waals surface area contributed by atoms with E-state index in [2.05, 4.69) is 99.5 Å². The number of H-pyrrole nitrogens is 2. The lowest BCUT2D eigenvalue weighted by Gasteiger charge is -2.46. The van der Waals surface area contributed by atoms with Crippen molar-refractivity contribution < 1.29 is 57.8 Å². The number of carbonyl (C=O) groups is 9. The van der Waals surface area contributed by atoms with Crippen LogP contribution in [0.3, 0.4) is 0 Å². The third-order valence-electron chi connectivity index (χ3n) is 23.4. The Bertz CT molecular complexity index is 4760. The van der Waals surface area contributed by atoms with Crippen molar-refractivity contribution in [2.24, 2.45) is 17.4 Å². The zero-order chi connectivity index (χ0) is 85.2. The molecule has 29 heteroatoms. The van der Waals surface area contributed by atoms with E-state index in [1.54, 1.807) is 85.9 Å². The number of para-hydroxylation sites is 1. The smallest absolute Gasteiger partial charge is 0.245 e. The van der Waals surface area contributed by atoms with Gasteiger partial charge in [0, 0.05) is 118 Å². The number of halogens is 1. The molecule has 28 nitrogen and oxygen atoms in total. The summed E-state index contributed by atoms with van der Waals surface area (Å²) in [6.45, 7) is 5.82. The van der Waals surface area contributed by atoms with Gasteiger partial charge in [-0.15, -0.1) is 0 Å². The lowest BCUT2D eigenvalue weighted by Crippen LogP contribution is -2.61. The minimum absolute atomic E-state index is 0.0165. The van der Waals surface area contributed by atoms with Crippen LogP contribution < -0.4 is 64.6 Å². The predicted molar refractivity (Wildman–Crippen MR) is 459 cm³/mol. The second-order valence-electron chi connectivity index (χ2n) is 32.5. The van der Waals surface area contributed by atoms with Gasteiger partial charge in [-0.1, -0.05) is 128 Å². The molecule has 0 bridgehead atoms. The Balaban J connectivity index is 0.901. The number of aromatic hydroxyl groups is 1. The van der Waals surface area contributed by atoms with Crippen molar-refractivity contribution in [1.29, 1.82) is 5.41 Å². The summed E-state index contributed by atoms with van der Waals surface area (Å²) in [5.74, 6) is -6.29. The van der Waals surface area contributed by atoms with Gasteiger partial charge in [0.15, 0.2) is 11.7 Å². The largest absolute Gasteiger partial charge is 0.508 e. The van der Waals surface area contributed by atoms with Crippen molar-refractivity contribution in [3.8, 4) is 5.75 Å². The van der Waals surface area contributed by atoms with Gasteiger partial charge < -0.3 is 94.6 Å². The number of aromatic amines is 2. The number of fused-ring (bicyclic) bond motifs is 3. The molecule has 11 rings (SSSR count). The van der Waals surface area contributed by atoms with E-state index in [-0.39, 0.29) is 113 Å². The molecule has 19 N–H and O–H groups in total. The predicted octanol–water partition coefficient (Wildman–Crippen LogP) is 5.52. The minimum atomic E-state index is -1.70. The molecule has 0 unspecified atom stereocenters. The highest BCUT2D eigenvalue weighted by Gasteiger charge is 2.42. The van der Waals surface area contributed by atoms with Gasteiger partial charge in [0.1, 0.15) is 47.8 Å². The Kier molecular flexibility index (Phi) is 32.8. The first kappa shape index (κ1) is 89.4. The molecule has 0 spiro atoms. The quantitative estimate of drug-likeness (QED) is 0.0156. The molecule has 0 saturated carbocycles. The number of phenols is 1. The first-order valence-corrected chi connectivity index (χ1v) is 42.2. The number of rotatable bonds is 29. The van der Waals surface area contributed by atoms with E-state index in [0.717, 1.165) is 41.4 Å². The number of Topliss-reactive ketones (excluding diaryl/α,β-unsaturated/α-hetero) is 1. The summed E-state index contributed by atoms with van der Waals surface area (Å²) in [4.78, 5) is 146. The van der Waals surface area contributed by atoms with Crippen LogP contribution in [-0.4, -0.2) is 208 Å². The van der Waals surface area contributed by atoms with Crippen molar-refractivity contribution in [2.45, 2.75) is 202 Å². The lowest BCUT2D eigenvalue weighted by atomic mass is 9.72. The molecule has 8 amide bonds. The van der Waals surface area contributed by atoms with Crippen LogP contribution in [0.4, 0.5) is 4.39 Å². The second-order valence-corrected chi connectivity index (χ2v) is 32.5. The summed E-state index contributed by atoms with van der Waals surface area (Å²) < 4.78 is 14.4. The topological polar surface area (TPSA) is 428 Å². The molecule has 2 aromatic heterocycles. The highest BCUT2D eigenvalue weighted by Crippen LogP contribution is 2.44. The molecule has 120 heavy (non-hydrogen) atoms. The van der Waals surface area contributed by atoms with E-state index >= 15 is 24.0 Å². The Labute approximate surface area is 700 Å². The molecular formula is C91H118FN17O11. The fraction of sp³-hybridized carbons (Fsp3) is 0.451. The van der Waals surface area contributed by atoms with E-state index in [0.29, 0.717) is 92.4 Å². The summed E-state index contributed by atoms with van der Waals surface area (Å²) in [5.41, 5.74) is 19.5. The fourth-order valence-corrected chi connectivity index (χ4v) is 17.0. The number of likely N-dealkylation sites (tertiary alicyclic amines) is 1. The number of unbranched alkanes of at least 4 members (excludes halogenated alkanes) is 1. The average Bonchev–Trinajstić information content (AvgIpc) is 1.55. The zero-order valence-electron chi connectivity index (χ0n) is 68.8. The number of amides is 8. The molecule has 6 aromatic carbocycles.